The van der Waals surface area contributed by atoms with Crippen molar-refractivity contribution < 1.29 is 14.6 Å². The number of fused-ring (bicyclic) bond motifs is 1. The third-order valence-electron chi connectivity index (χ3n) is 5.65. The smallest absolute Gasteiger partial charge is 0.303 e. The number of ether oxygens (including phenoxy) is 1. The Morgan fingerprint density at radius 2 is 2.00 bits per heavy atom. The molecule has 0 saturated carbocycles. The van der Waals surface area contributed by atoms with Crippen LogP contribution in [0.1, 0.15) is 48.0 Å². The molecule has 4 heterocycles. The van der Waals surface area contributed by atoms with Crippen LogP contribution in [-0.2, 0) is 28.8 Å². The maximum absolute atomic E-state index is 13.2. The number of thiazole rings is 1. The third-order valence-corrected chi connectivity index (χ3v) is 6.58. The van der Waals surface area contributed by atoms with Crippen LogP contribution in [0.25, 0.3) is 5.65 Å². The number of carboxylic acids is 1. The van der Waals surface area contributed by atoms with E-state index in [1.165, 1.54) is 4.40 Å². The first-order chi connectivity index (χ1) is 15.4. The number of hydrogen-bond acceptors (Lipinski definition) is 7. The molecule has 0 bridgehead atoms. The zero-order valence-corrected chi connectivity index (χ0v) is 19.2. The number of pyridine rings is 1. The van der Waals surface area contributed by atoms with E-state index in [-0.39, 0.29) is 18.4 Å². The van der Waals surface area contributed by atoms with Gasteiger partial charge in [0.15, 0.2) is 0 Å². The number of anilines is 1. The second kappa shape index (κ2) is 9.79. The van der Waals surface area contributed by atoms with Crippen LogP contribution in [0.2, 0.25) is 0 Å². The van der Waals surface area contributed by atoms with Crippen molar-refractivity contribution in [3.05, 3.63) is 55.9 Å². The van der Waals surface area contributed by atoms with Gasteiger partial charge in [0.2, 0.25) is 0 Å². The molecule has 1 saturated heterocycles. The SMILES string of the molecule is CC(C)c1csc(CCc2ccn3c(=O)c(CCC(=O)O)c(N4CCOCC4)nc3c2)n1. The Morgan fingerprint density at radius 1 is 1.22 bits per heavy atom. The largest absolute Gasteiger partial charge is 0.481 e. The van der Waals surface area contributed by atoms with Gasteiger partial charge in [0.25, 0.3) is 5.56 Å². The molecule has 170 valence electrons. The fraction of sp³-hybridized carbons (Fsp3) is 0.478. The summed E-state index contributed by atoms with van der Waals surface area (Å²) in [5.41, 5.74) is 3.04. The van der Waals surface area contributed by atoms with Gasteiger partial charge in [-0.3, -0.25) is 14.0 Å². The summed E-state index contributed by atoms with van der Waals surface area (Å²) >= 11 is 1.69. The Labute approximate surface area is 190 Å². The van der Waals surface area contributed by atoms with Gasteiger partial charge in [-0.1, -0.05) is 13.8 Å². The second-order valence-corrected chi connectivity index (χ2v) is 9.24. The molecule has 1 fully saturated rings. The van der Waals surface area contributed by atoms with Crippen LogP contribution in [0.4, 0.5) is 5.82 Å². The Hall–Kier alpha value is -2.78. The number of carbonyl (C=O) groups is 1. The van der Waals surface area contributed by atoms with Gasteiger partial charge in [-0.2, -0.15) is 0 Å². The van der Waals surface area contributed by atoms with Crippen molar-refractivity contribution in [2.45, 2.75) is 45.4 Å². The highest BCUT2D eigenvalue weighted by atomic mass is 32.1. The molecule has 0 amide bonds. The fourth-order valence-corrected chi connectivity index (χ4v) is 4.76. The molecule has 9 heteroatoms. The normalized spacial score (nSPS) is 14.4. The first kappa shape index (κ1) is 22.4. The number of aromatic nitrogens is 3. The molecule has 4 rings (SSSR count). The monoisotopic (exact) mass is 456 g/mol. The van der Waals surface area contributed by atoms with Crippen molar-refractivity contribution in [1.82, 2.24) is 14.4 Å². The van der Waals surface area contributed by atoms with Gasteiger partial charge in [0.1, 0.15) is 11.5 Å². The van der Waals surface area contributed by atoms with Crippen molar-refractivity contribution >= 4 is 28.8 Å². The van der Waals surface area contributed by atoms with Crippen molar-refractivity contribution in [1.29, 1.82) is 0 Å². The lowest BCUT2D eigenvalue weighted by Gasteiger charge is -2.29. The van der Waals surface area contributed by atoms with Crippen LogP contribution in [0.3, 0.4) is 0 Å². The highest BCUT2D eigenvalue weighted by Crippen LogP contribution is 2.21. The minimum atomic E-state index is -0.930. The Kier molecular flexibility index (Phi) is 6.86. The van der Waals surface area contributed by atoms with Crippen molar-refractivity contribution in [3.63, 3.8) is 0 Å². The van der Waals surface area contributed by atoms with E-state index < -0.39 is 5.97 Å². The maximum atomic E-state index is 13.2. The molecular formula is C23H28N4O4S. The molecule has 0 aliphatic carbocycles. The predicted molar refractivity (Wildman–Crippen MR) is 124 cm³/mol. The van der Waals surface area contributed by atoms with Crippen LogP contribution in [0.15, 0.2) is 28.5 Å². The molecular weight excluding hydrogens is 428 g/mol. The number of aliphatic carboxylic acids is 1. The average Bonchev–Trinajstić information content (AvgIpc) is 3.27. The minimum absolute atomic E-state index is 0.107. The van der Waals surface area contributed by atoms with Gasteiger partial charge in [-0.05, 0) is 36.5 Å². The summed E-state index contributed by atoms with van der Waals surface area (Å²) in [4.78, 5) is 35.9. The van der Waals surface area contributed by atoms with Crippen LogP contribution < -0.4 is 10.5 Å². The number of rotatable bonds is 8. The van der Waals surface area contributed by atoms with E-state index in [9.17, 15) is 9.59 Å². The molecule has 1 aliphatic rings. The van der Waals surface area contributed by atoms with E-state index in [4.69, 9.17) is 19.8 Å². The Bertz CT molecular complexity index is 1160. The summed E-state index contributed by atoms with van der Waals surface area (Å²) in [6, 6.07) is 3.88. The molecule has 3 aromatic heterocycles. The zero-order valence-electron chi connectivity index (χ0n) is 18.4. The quantitative estimate of drug-likeness (QED) is 0.557. The molecule has 1 aliphatic heterocycles. The van der Waals surface area contributed by atoms with Crippen LogP contribution in [-0.4, -0.2) is 51.7 Å². The molecule has 3 aromatic rings. The van der Waals surface area contributed by atoms with Crippen LogP contribution in [0.5, 0.6) is 0 Å². The highest BCUT2D eigenvalue weighted by molar-refractivity contribution is 7.09. The van der Waals surface area contributed by atoms with Crippen LogP contribution in [0, 0.1) is 0 Å². The van der Waals surface area contributed by atoms with E-state index in [0.29, 0.717) is 49.2 Å². The summed E-state index contributed by atoms with van der Waals surface area (Å²) < 4.78 is 6.95. The molecule has 0 spiro atoms. The predicted octanol–water partition coefficient (Wildman–Crippen LogP) is 2.91. The minimum Gasteiger partial charge on any atom is -0.481 e. The molecule has 1 N–H and O–H groups in total. The number of carboxylic acid groups (broad SMARTS) is 1. The first-order valence-corrected chi connectivity index (χ1v) is 11.8. The van der Waals surface area contributed by atoms with E-state index in [2.05, 4.69) is 19.2 Å². The number of nitrogens with zero attached hydrogens (tertiary/aromatic N) is 4. The maximum Gasteiger partial charge on any atom is 0.303 e. The molecule has 0 radical (unpaired) electrons. The Morgan fingerprint density at radius 3 is 2.69 bits per heavy atom. The van der Waals surface area contributed by atoms with Crippen molar-refractivity contribution in [3.8, 4) is 0 Å². The Balaban J connectivity index is 1.64. The lowest BCUT2D eigenvalue weighted by atomic mass is 10.1. The van der Waals surface area contributed by atoms with Crippen LogP contribution >= 0.6 is 11.3 Å². The van der Waals surface area contributed by atoms with Crippen molar-refractivity contribution in [2.24, 2.45) is 0 Å². The van der Waals surface area contributed by atoms with E-state index in [1.807, 2.05) is 17.0 Å². The van der Waals surface area contributed by atoms with Gasteiger partial charge in [-0.15, -0.1) is 11.3 Å². The van der Waals surface area contributed by atoms with E-state index in [1.54, 1.807) is 17.5 Å². The molecule has 8 nitrogen and oxygen atoms in total. The topological polar surface area (TPSA) is 97.0 Å². The fourth-order valence-electron chi connectivity index (χ4n) is 3.80. The highest BCUT2D eigenvalue weighted by Gasteiger charge is 2.21. The average molecular weight is 457 g/mol. The van der Waals surface area contributed by atoms with E-state index in [0.717, 1.165) is 29.1 Å². The number of morpholine rings is 1. The number of aryl methyl sites for hydroxylation is 2. The van der Waals surface area contributed by atoms with Gasteiger partial charge >= 0.3 is 5.97 Å². The lowest BCUT2D eigenvalue weighted by Crippen LogP contribution is -2.39. The summed E-state index contributed by atoms with van der Waals surface area (Å²) in [6.07, 6.45) is 3.44. The summed E-state index contributed by atoms with van der Waals surface area (Å²) in [6.45, 7) is 6.66. The molecule has 0 aromatic carbocycles. The first-order valence-electron chi connectivity index (χ1n) is 11.0. The number of hydrogen-bond donors (Lipinski definition) is 1. The summed E-state index contributed by atoms with van der Waals surface area (Å²) in [5.74, 6) is 0.0736. The van der Waals surface area contributed by atoms with Gasteiger partial charge < -0.3 is 14.7 Å². The second-order valence-electron chi connectivity index (χ2n) is 8.30. The van der Waals surface area contributed by atoms with E-state index >= 15 is 0 Å². The third kappa shape index (κ3) is 4.99. The van der Waals surface area contributed by atoms with Gasteiger partial charge in [-0.25, -0.2) is 9.97 Å². The zero-order chi connectivity index (χ0) is 22.7. The molecule has 32 heavy (non-hydrogen) atoms. The van der Waals surface area contributed by atoms with Gasteiger partial charge in [0.05, 0.1) is 29.5 Å². The molecule has 0 unspecified atom stereocenters. The standard InChI is InChI=1S/C23H28N4O4S/c1-15(2)18-14-32-20(24-18)5-3-16-7-8-27-19(13-16)25-22(26-9-11-31-12-10-26)17(23(27)30)4-6-21(28)29/h7-8,13-15H,3-6,9-12H2,1-2H3,(H,28,29). The van der Waals surface area contributed by atoms with Gasteiger partial charge in [0, 0.05) is 37.5 Å². The lowest BCUT2D eigenvalue weighted by molar-refractivity contribution is -0.136. The summed E-state index contributed by atoms with van der Waals surface area (Å²) in [7, 11) is 0. The molecule has 0 atom stereocenters. The summed E-state index contributed by atoms with van der Waals surface area (Å²) in [5, 5.41) is 12.4. The van der Waals surface area contributed by atoms with Crippen molar-refractivity contribution in [2.75, 3.05) is 31.2 Å².